The molecule has 0 radical (unpaired) electrons. The van der Waals surface area contributed by atoms with Gasteiger partial charge in [-0.3, -0.25) is 4.79 Å². The lowest BCUT2D eigenvalue weighted by Crippen LogP contribution is -2.30. The number of anilines is 2. The number of phenolic OH excluding ortho intramolecular Hbond substituents is 1. The van der Waals surface area contributed by atoms with Crippen molar-refractivity contribution in [2.45, 2.75) is 6.92 Å². The number of hydrogen-bond acceptors (Lipinski definition) is 3. The predicted molar refractivity (Wildman–Crippen MR) is 84.0 cm³/mol. The molecule has 4 nitrogen and oxygen atoms in total. The zero-order valence-corrected chi connectivity index (χ0v) is 12.6. The van der Waals surface area contributed by atoms with Crippen LogP contribution in [0.25, 0.3) is 0 Å². The van der Waals surface area contributed by atoms with Gasteiger partial charge in [0, 0.05) is 28.5 Å². The number of phenols is 1. The van der Waals surface area contributed by atoms with Crippen molar-refractivity contribution in [3.05, 3.63) is 52.5 Å². The zero-order chi connectivity index (χ0) is 14.7. The highest BCUT2D eigenvalue weighted by Gasteiger charge is 2.19. The fourth-order valence-corrected chi connectivity index (χ4v) is 2.37. The molecule has 1 amide bonds. The van der Waals surface area contributed by atoms with Gasteiger partial charge in [-0.25, -0.2) is 0 Å². The quantitative estimate of drug-likeness (QED) is 0.845. The van der Waals surface area contributed by atoms with Crippen LogP contribution in [0.5, 0.6) is 5.75 Å². The van der Waals surface area contributed by atoms with Gasteiger partial charge in [-0.05, 0) is 53.2 Å². The Morgan fingerprint density at radius 1 is 1.30 bits per heavy atom. The van der Waals surface area contributed by atoms with Crippen molar-refractivity contribution in [2.24, 2.45) is 0 Å². The Balaban J connectivity index is 2.41. The lowest BCUT2D eigenvalue weighted by atomic mass is 10.1. The van der Waals surface area contributed by atoms with Crippen molar-refractivity contribution in [3.8, 4) is 5.75 Å². The molecular weight excluding hydrogens is 320 g/mol. The summed E-state index contributed by atoms with van der Waals surface area (Å²) in [5, 5.41) is 9.54. The molecule has 0 bridgehead atoms. The molecule has 0 atom stereocenters. The smallest absolute Gasteiger partial charge is 0.259 e. The van der Waals surface area contributed by atoms with Crippen LogP contribution in [0.3, 0.4) is 0 Å². The van der Waals surface area contributed by atoms with Crippen molar-refractivity contribution in [2.75, 3.05) is 17.2 Å². The number of carbonyl (C=O) groups is 1. The topological polar surface area (TPSA) is 66.6 Å². The van der Waals surface area contributed by atoms with Gasteiger partial charge in [0.2, 0.25) is 0 Å². The van der Waals surface area contributed by atoms with Crippen LogP contribution in [-0.4, -0.2) is 17.6 Å². The number of hydrogen-bond donors (Lipinski definition) is 2. The van der Waals surface area contributed by atoms with E-state index in [0.29, 0.717) is 28.0 Å². The summed E-state index contributed by atoms with van der Waals surface area (Å²) in [7, 11) is 0. The molecule has 0 aromatic heterocycles. The summed E-state index contributed by atoms with van der Waals surface area (Å²) in [5.41, 5.74) is 7.41. The second-order valence-electron chi connectivity index (χ2n) is 4.31. The van der Waals surface area contributed by atoms with E-state index in [1.807, 2.05) is 6.92 Å². The van der Waals surface area contributed by atoms with Crippen LogP contribution < -0.4 is 10.6 Å². The molecule has 0 aliphatic rings. The average molecular weight is 335 g/mol. The summed E-state index contributed by atoms with van der Waals surface area (Å²) in [6.07, 6.45) is 0. The normalized spacial score (nSPS) is 10.3. The summed E-state index contributed by atoms with van der Waals surface area (Å²) in [6.45, 7) is 2.37. The van der Waals surface area contributed by atoms with E-state index in [4.69, 9.17) is 5.73 Å². The number of nitrogen functional groups attached to an aromatic ring is 1. The van der Waals surface area contributed by atoms with Crippen LogP contribution in [0.15, 0.2) is 46.9 Å². The molecular formula is C15H15BrN2O2. The number of halogens is 1. The predicted octanol–water partition coefficient (Wildman–Crippen LogP) is 3.40. The second kappa shape index (κ2) is 5.96. The van der Waals surface area contributed by atoms with Gasteiger partial charge in [-0.1, -0.05) is 6.07 Å². The van der Waals surface area contributed by atoms with E-state index in [9.17, 15) is 9.90 Å². The zero-order valence-electron chi connectivity index (χ0n) is 11.0. The molecule has 0 saturated heterocycles. The van der Waals surface area contributed by atoms with Gasteiger partial charge < -0.3 is 15.7 Å². The SMILES string of the molecule is CCN(C(=O)c1cc(N)ccc1Br)c1cccc(O)c1. The highest BCUT2D eigenvalue weighted by Crippen LogP contribution is 2.25. The van der Waals surface area contributed by atoms with Crippen LogP contribution in [0.1, 0.15) is 17.3 Å². The molecule has 0 spiro atoms. The van der Waals surface area contributed by atoms with E-state index in [1.165, 1.54) is 0 Å². The third-order valence-corrected chi connectivity index (χ3v) is 3.62. The lowest BCUT2D eigenvalue weighted by Gasteiger charge is -2.22. The number of rotatable bonds is 3. The highest BCUT2D eigenvalue weighted by molar-refractivity contribution is 9.10. The van der Waals surface area contributed by atoms with E-state index in [2.05, 4.69) is 15.9 Å². The molecule has 0 aliphatic carbocycles. The molecule has 2 aromatic rings. The van der Waals surface area contributed by atoms with Crippen LogP contribution in [-0.2, 0) is 0 Å². The van der Waals surface area contributed by atoms with E-state index in [0.717, 1.165) is 0 Å². The van der Waals surface area contributed by atoms with E-state index < -0.39 is 0 Å². The summed E-state index contributed by atoms with van der Waals surface area (Å²) in [4.78, 5) is 14.2. The maximum atomic E-state index is 12.6. The van der Waals surface area contributed by atoms with Crippen molar-refractivity contribution in [1.29, 1.82) is 0 Å². The van der Waals surface area contributed by atoms with Gasteiger partial charge in [0.25, 0.3) is 5.91 Å². The van der Waals surface area contributed by atoms with Gasteiger partial charge in [0.15, 0.2) is 0 Å². The van der Waals surface area contributed by atoms with Crippen LogP contribution >= 0.6 is 15.9 Å². The Labute approximate surface area is 126 Å². The minimum absolute atomic E-state index is 0.125. The molecule has 20 heavy (non-hydrogen) atoms. The number of benzene rings is 2. The molecule has 0 unspecified atom stereocenters. The fourth-order valence-electron chi connectivity index (χ4n) is 1.96. The Kier molecular flexibility index (Phi) is 4.29. The molecule has 5 heteroatoms. The number of aromatic hydroxyl groups is 1. The standard InChI is InChI=1S/C15H15BrN2O2/c1-2-18(11-4-3-5-12(19)9-11)15(20)13-8-10(17)6-7-14(13)16/h3-9,19H,2,17H2,1H3. The number of nitrogens with two attached hydrogens (primary N) is 1. The molecule has 0 aliphatic heterocycles. The van der Waals surface area contributed by atoms with E-state index in [-0.39, 0.29) is 11.7 Å². The van der Waals surface area contributed by atoms with Gasteiger partial charge in [0.1, 0.15) is 5.75 Å². The first-order valence-electron chi connectivity index (χ1n) is 6.19. The molecule has 0 saturated carbocycles. The van der Waals surface area contributed by atoms with Crippen molar-refractivity contribution in [3.63, 3.8) is 0 Å². The molecule has 2 rings (SSSR count). The highest BCUT2D eigenvalue weighted by atomic mass is 79.9. The third kappa shape index (κ3) is 2.93. The van der Waals surface area contributed by atoms with Gasteiger partial charge in [0.05, 0.1) is 5.56 Å². The lowest BCUT2D eigenvalue weighted by molar-refractivity contribution is 0.0987. The Bertz CT molecular complexity index is 644. The molecule has 104 valence electrons. The minimum atomic E-state index is -0.169. The number of nitrogens with zero attached hydrogens (tertiary/aromatic N) is 1. The Morgan fingerprint density at radius 2 is 2.05 bits per heavy atom. The average Bonchev–Trinajstić information content (AvgIpc) is 2.42. The summed E-state index contributed by atoms with van der Waals surface area (Å²) >= 11 is 3.36. The number of amides is 1. The monoisotopic (exact) mass is 334 g/mol. The Morgan fingerprint density at radius 3 is 2.70 bits per heavy atom. The molecule has 2 aromatic carbocycles. The maximum Gasteiger partial charge on any atom is 0.259 e. The first-order valence-corrected chi connectivity index (χ1v) is 6.98. The largest absolute Gasteiger partial charge is 0.508 e. The third-order valence-electron chi connectivity index (χ3n) is 2.92. The van der Waals surface area contributed by atoms with Crippen molar-refractivity contribution in [1.82, 2.24) is 0 Å². The van der Waals surface area contributed by atoms with Crippen molar-refractivity contribution < 1.29 is 9.90 Å². The van der Waals surface area contributed by atoms with Crippen LogP contribution in [0.4, 0.5) is 11.4 Å². The van der Waals surface area contributed by atoms with Gasteiger partial charge in [-0.2, -0.15) is 0 Å². The van der Waals surface area contributed by atoms with Gasteiger partial charge in [-0.15, -0.1) is 0 Å². The first-order chi connectivity index (χ1) is 9.52. The van der Waals surface area contributed by atoms with Crippen LogP contribution in [0.2, 0.25) is 0 Å². The summed E-state index contributed by atoms with van der Waals surface area (Å²) in [6, 6.07) is 11.7. The maximum absolute atomic E-state index is 12.6. The number of carbonyl (C=O) groups excluding carboxylic acids is 1. The molecule has 0 fully saturated rings. The summed E-state index contributed by atoms with van der Waals surface area (Å²) < 4.78 is 0.690. The van der Waals surface area contributed by atoms with E-state index >= 15 is 0 Å². The first kappa shape index (κ1) is 14.4. The van der Waals surface area contributed by atoms with Gasteiger partial charge >= 0.3 is 0 Å². The van der Waals surface area contributed by atoms with E-state index in [1.54, 1.807) is 47.4 Å². The van der Waals surface area contributed by atoms with Crippen molar-refractivity contribution >= 4 is 33.2 Å². The molecule has 0 heterocycles. The summed E-state index contributed by atoms with van der Waals surface area (Å²) in [5.74, 6) is -0.0438. The van der Waals surface area contributed by atoms with Crippen LogP contribution in [0, 0.1) is 0 Å². The Hall–Kier alpha value is -2.01. The fraction of sp³-hybridized carbons (Fsp3) is 0.133. The molecule has 3 N–H and O–H groups in total. The second-order valence-corrected chi connectivity index (χ2v) is 5.16. The minimum Gasteiger partial charge on any atom is -0.508 e.